The zero-order chi connectivity index (χ0) is 10.4. The molecule has 0 radical (unpaired) electrons. The standard InChI is InChI=1S/C10H18N2S/c1-5-6-9(7(2)3)10(11)8(4)13-12/h5-7H,4,11-12H2,1-3H3/b6-5-,10-9-. The van der Waals surface area contributed by atoms with Crippen LogP contribution in [0.4, 0.5) is 0 Å². The molecule has 0 bridgehead atoms. The van der Waals surface area contributed by atoms with Gasteiger partial charge in [-0.15, -0.1) is 0 Å². The fourth-order valence-corrected chi connectivity index (χ4v) is 1.24. The predicted octanol–water partition coefficient (Wildman–Crippen LogP) is 2.55. The molecule has 0 unspecified atom stereocenters. The van der Waals surface area contributed by atoms with Crippen molar-refractivity contribution in [3.05, 3.63) is 34.9 Å². The molecule has 0 spiro atoms. The first kappa shape index (κ1) is 12.3. The van der Waals surface area contributed by atoms with Gasteiger partial charge in [0.05, 0.1) is 0 Å². The van der Waals surface area contributed by atoms with Crippen molar-refractivity contribution in [1.29, 1.82) is 0 Å². The molecular formula is C10H18N2S. The fraction of sp³-hybridized carbons (Fsp3) is 0.400. The first-order valence-electron chi connectivity index (χ1n) is 4.22. The number of allylic oxidation sites excluding steroid dienone is 3. The molecular weight excluding hydrogens is 180 g/mol. The maximum Gasteiger partial charge on any atom is 0.0494 e. The highest BCUT2D eigenvalue weighted by atomic mass is 32.2. The van der Waals surface area contributed by atoms with Crippen LogP contribution < -0.4 is 10.9 Å². The van der Waals surface area contributed by atoms with Gasteiger partial charge in [0, 0.05) is 10.6 Å². The lowest BCUT2D eigenvalue weighted by molar-refractivity contribution is 0.781. The fourth-order valence-electron chi connectivity index (χ4n) is 0.997. The Hall–Kier alpha value is -0.670. The number of rotatable bonds is 4. The summed E-state index contributed by atoms with van der Waals surface area (Å²) in [6.07, 6.45) is 3.97. The summed E-state index contributed by atoms with van der Waals surface area (Å²) in [5.74, 6) is 0.389. The molecule has 2 nitrogen and oxygen atoms in total. The maximum absolute atomic E-state index is 5.89. The van der Waals surface area contributed by atoms with E-state index in [2.05, 4.69) is 20.4 Å². The van der Waals surface area contributed by atoms with E-state index in [0.717, 1.165) is 22.4 Å². The van der Waals surface area contributed by atoms with Crippen molar-refractivity contribution in [2.24, 2.45) is 16.8 Å². The molecule has 74 valence electrons. The highest BCUT2D eigenvalue weighted by Gasteiger charge is 2.07. The van der Waals surface area contributed by atoms with E-state index in [4.69, 9.17) is 10.9 Å². The van der Waals surface area contributed by atoms with Gasteiger partial charge in [-0.1, -0.05) is 32.6 Å². The van der Waals surface area contributed by atoms with Crippen molar-refractivity contribution in [3.8, 4) is 0 Å². The van der Waals surface area contributed by atoms with Gasteiger partial charge in [0.15, 0.2) is 0 Å². The van der Waals surface area contributed by atoms with E-state index in [-0.39, 0.29) is 0 Å². The third-order valence-corrected chi connectivity index (χ3v) is 2.23. The average molecular weight is 198 g/mol. The van der Waals surface area contributed by atoms with Crippen LogP contribution in [0, 0.1) is 5.92 Å². The summed E-state index contributed by atoms with van der Waals surface area (Å²) in [7, 11) is 0. The molecule has 0 aliphatic heterocycles. The lowest BCUT2D eigenvalue weighted by Crippen LogP contribution is -2.07. The van der Waals surface area contributed by atoms with Crippen molar-refractivity contribution in [2.45, 2.75) is 20.8 Å². The summed E-state index contributed by atoms with van der Waals surface area (Å²) >= 11 is 1.09. The molecule has 0 aromatic heterocycles. The average Bonchev–Trinajstić information content (AvgIpc) is 2.11. The molecule has 0 amide bonds. The molecule has 0 aromatic rings. The van der Waals surface area contributed by atoms with Crippen LogP contribution in [0.3, 0.4) is 0 Å². The van der Waals surface area contributed by atoms with E-state index in [1.165, 1.54) is 0 Å². The molecule has 0 aliphatic carbocycles. The van der Waals surface area contributed by atoms with Crippen LogP contribution in [-0.2, 0) is 0 Å². The van der Waals surface area contributed by atoms with E-state index in [9.17, 15) is 0 Å². The van der Waals surface area contributed by atoms with Gasteiger partial charge in [-0.3, -0.25) is 5.14 Å². The molecule has 0 rings (SSSR count). The van der Waals surface area contributed by atoms with Crippen molar-refractivity contribution in [3.63, 3.8) is 0 Å². The van der Waals surface area contributed by atoms with Crippen LogP contribution in [-0.4, -0.2) is 0 Å². The first-order chi connectivity index (χ1) is 6.04. The molecule has 0 saturated heterocycles. The Morgan fingerprint density at radius 2 is 2.00 bits per heavy atom. The highest BCUT2D eigenvalue weighted by molar-refractivity contribution is 8.01. The monoisotopic (exact) mass is 198 g/mol. The Balaban J connectivity index is 4.96. The molecule has 0 atom stereocenters. The van der Waals surface area contributed by atoms with Gasteiger partial charge in [-0.05, 0) is 30.4 Å². The molecule has 0 heterocycles. The molecule has 0 fully saturated rings. The summed E-state index contributed by atoms with van der Waals surface area (Å²) in [4.78, 5) is 0.724. The van der Waals surface area contributed by atoms with Gasteiger partial charge in [0.2, 0.25) is 0 Å². The second-order valence-electron chi connectivity index (χ2n) is 3.06. The van der Waals surface area contributed by atoms with E-state index in [1.54, 1.807) is 0 Å². The quantitative estimate of drug-likeness (QED) is 0.539. The van der Waals surface area contributed by atoms with Gasteiger partial charge in [-0.2, -0.15) is 0 Å². The minimum Gasteiger partial charge on any atom is -0.398 e. The van der Waals surface area contributed by atoms with Crippen LogP contribution in [0.1, 0.15) is 20.8 Å². The zero-order valence-electron chi connectivity index (χ0n) is 8.50. The maximum atomic E-state index is 5.89. The Kier molecular flexibility index (Phi) is 5.58. The van der Waals surface area contributed by atoms with Crippen LogP contribution in [0.25, 0.3) is 0 Å². The summed E-state index contributed by atoms with van der Waals surface area (Å²) < 4.78 is 0. The Morgan fingerprint density at radius 3 is 2.31 bits per heavy atom. The molecule has 4 N–H and O–H groups in total. The summed E-state index contributed by atoms with van der Waals surface area (Å²) in [5, 5.41) is 5.39. The molecule has 3 heteroatoms. The largest absolute Gasteiger partial charge is 0.398 e. The van der Waals surface area contributed by atoms with Gasteiger partial charge in [-0.25, -0.2) is 0 Å². The van der Waals surface area contributed by atoms with Crippen LogP contribution in [0.2, 0.25) is 0 Å². The first-order valence-corrected chi connectivity index (χ1v) is 5.10. The summed E-state index contributed by atoms with van der Waals surface area (Å²) in [5.41, 5.74) is 7.67. The van der Waals surface area contributed by atoms with Crippen molar-refractivity contribution >= 4 is 11.9 Å². The highest BCUT2D eigenvalue weighted by Crippen LogP contribution is 2.21. The SMILES string of the molecule is C=C(SN)/C(N)=C(\C=C/C)C(C)C. The number of nitrogens with two attached hydrogens (primary N) is 2. The lowest BCUT2D eigenvalue weighted by Gasteiger charge is -2.12. The summed E-state index contributed by atoms with van der Waals surface area (Å²) in [6, 6.07) is 0. The minimum atomic E-state index is 0.389. The van der Waals surface area contributed by atoms with E-state index < -0.39 is 0 Å². The predicted molar refractivity (Wildman–Crippen MR) is 61.8 cm³/mol. The van der Waals surface area contributed by atoms with Gasteiger partial charge in [0.25, 0.3) is 0 Å². The van der Waals surface area contributed by atoms with Crippen LogP contribution >= 0.6 is 11.9 Å². The van der Waals surface area contributed by atoms with Crippen LogP contribution in [0.5, 0.6) is 0 Å². The second-order valence-corrected chi connectivity index (χ2v) is 3.79. The van der Waals surface area contributed by atoms with Crippen molar-refractivity contribution < 1.29 is 0 Å². The second kappa shape index (κ2) is 5.89. The molecule has 0 saturated carbocycles. The molecule has 13 heavy (non-hydrogen) atoms. The molecule has 0 aromatic carbocycles. The third kappa shape index (κ3) is 3.70. The van der Waals surface area contributed by atoms with Crippen molar-refractivity contribution in [2.75, 3.05) is 0 Å². The Bertz CT molecular complexity index is 239. The normalized spacial score (nSPS) is 13.6. The Labute approximate surface area is 84.9 Å². The Morgan fingerprint density at radius 1 is 1.46 bits per heavy atom. The van der Waals surface area contributed by atoms with E-state index in [1.807, 2.05) is 19.1 Å². The van der Waals surface area contributed by atoms with Crippen LogP contribution in [0.15, 0.2) is 34.9 Å². The minimum absolute atomic E-state index is 0.389. The van der Waals surface area contributed by atoms with Gasteiger partial charge in [0.1, 0.15) is 0 Å². The van der Waals surface area contributed by atoms with E-state index in [0.29, 0.717) is 11.6 Å². The lowest BCUT2D eigenvalue weighted by atomic mass is 10.0. The number of hydrogen-bond acceptors (Lipinski definition) is 3. The smallest absolute Gasteiger partial charge is 0.0494 e. The summed E-state index contributed by atoms with van der Waals surface area (Å²) in [6.45, 7) is 9.93. The molecule has 0 aliphatic rings. The zero-order valence-corrected chi connectivity index (χ0v) is 9.32. The number of hydrogen-bond donors (Lipinski definition) is 2. The van der Waals surface area contributed by atoms with E-state index >= 15 is 0 Å². The third-order valence-electron chi connectivity index (χ3n) is 1.72. The topological polar surface area (TPSA) is 52.0 Å². The van der Waals surface area contributed by atoms with Gasteiger partial charge >= 0.3 is 0 Å². The van der Waals surface area contributed by atoms with Crippen molar-refractivity contribution in [1.82, 2.24) is 0 Å². The van der Waals surface area contributed by atoms with Gasteiger partial charge < -0.3 is 5.73 Å².